The predicted octanol–water partition coefficient (Wildman–Crippen LogP) is 2.02. The van der Waals surface area contributed by atoms with Crippen molar-refractivity contribution in [3.8, 4) is 6.07 Å². The van der Waals surface area contributed by atoms with Crippen molar-refractivity contribution in [3.63, 3.8) is 0 Å². The highest BCUT2D eigenvalue weighted by Crippen LogP contribution is 2.17. The quantitative estimate of drug-likeness (QED) is 0.637. The molecule has 0 N–H and O–H groups in total. The molecule has 0 amide bonds. The van der Waals surface area contributed by atoms with E-state index < -0.39 is 0 Å². The summed E-state index contributed by atoms with van der Waals surface area (Å²) < 4.78 is 0.789. The molecule has 10 heavy (non-hydrogen) atoms. The fourth-order valence-corrected chi connectivity index (χ4v) is 0.958. The van der Waals surface area contributed by atoms with Crippen molar-refractivity contribution in [2.45, 2.75) is 6.92 Å². The predicted molar refractivity (Wildman–Crippen MR) is 41.4 cm³/mol. The van der Waals surface area contributed by atoms with Gasteiger partial charge in [-0.15, -0.1) is 0 Å². The van der Waals surface area contributed by atoms with Gasteiger partial charge in [-0.25, -0.2) is 0 Å². The number of hydrogen-bond donors (Lipinski definition) is 0. The smallest absolute Gasteiger partial charge is 0.100 e. The standard InChI is InChI=1S/C7H5BrN2/c1-5-7(8)6(4-9)2-3-10-5/h2-3H,1H3. The maximum absolute atomic E-state index is 8.54. The number of pyridine rings is 1. The zero-order chi connectivity index (χ0) is 7.56. The second kappa shape index (κ2) is 2.80. The molecule has 0 fully saturated rings. The minimum Gasteiger partial charge on any atom is -0.260 e. The molecular formula is C7H5BrN2. The van der Waals surface area contributed by atoms with Crippen LogP contribution in [0.15, 0.2) is 16.7 Å². The van der Waals surface area contributed by atoms with Gasteiger partial charge in [0.05, 0.1) is 15.7 Å². The van der Waals surface area contributed by atoms with E-state index in [9.17, 15) is 0 Å². The van der Waals surface area contributed by atoms with Crippen LogP contribution in [0, 0.1) is 18.3 Å². The molecule has 0 radical (unpaired) electrons. The van der Waals surface area contributed by atoms with Gasteiger partial charge in [-0.1, -0.05) is 0 Å². The van der Waals surface area contributed by atoms with Crippen molar-refractivity contribution in [1.29, 1.82) is 5.26 Å². The highest BCUT2D eigenvalue weighted by atomic mass is 79.9. The minimum atomic E-state index is 0.632. The Balaban J connectivity index is 3.31. The molecule has 0 aromatic carbocycles. The van der Waals surface area contributed by atoms with Gasteiger partial charge in [0.15, 0.2) is 0 Å². The Morgan fingerprint density at radius 1 is 1.70 bits per heavy atom. The summed E-state index contributed by atoms with van der Waals surface area (Å²) in [5.41, 5.74) is 1.48. The Bertz CT molecular complexity index is 288. The number of halogens is 1. The van der Waals surface area contributed by atoms with Crippen LogP contribution < -0.4 is 0 Å². The van der Waals surface area contributed by atoms with Gasteiger partial charge < -0.3 is 0 Å². The molecule has 0 aliphatic rings. The summed E-state index contributed by atoms with van der Waals surface area (Å²) in [7, 11) is 0. The maximum Gasteiger partial charge on any atom is 0.100 e. The largest absolute Gasteiger partial charge is 0.260 e. The molecule has 0 bridgehead atoms. The Morgan fingerprint density at radius 2 is 2.40 bits per heavy atom. The van der Waals surface area contributed by atoms with Crippen LogP contribution in [-0.4, -0.2) is 4.98 Å². The van der Waals surface area contributed by atoms with Crippen molar-refractivity contribution in [2.24, 2.45) is 0 Å². The van der Waals surface area contributed by atoms with Gasteiger partial charge >= 0.3 is 0 Å². The molecule has 0 aliphatic carbocycles. The zero-order valence-electron chi connectivity index (χ0n) is 5.43. The van der Waals surface area contributed by atoms with Gasteiger partial charge in [0, 0.05) is 6.20 Å². The lowest BCUT2D eigenvalue weighted by Crippen LogP contribution is -1.85. The summed E-state index contributed by atoms with van der Waals surface area (Å²) in [4.78, 5) is 3.99. The molecule has 0 spiro atoms. The number of nitriles is 1. The molecule has 0 unspecified atom stereocenters. The highest BCUT2D eigenvalue weighted by Gasteiger charge is 1.99. The van der Waals surface area contributed by atoms with E-state index in [0.29, 0.717) is 5.56 Å². The summed E-state index contributed by atoms with van der Waals surface area (Å²) in [6.45, 7) is 1.85. The SMILES string of the molecule is Cc1nccc(C#N)c1Br. The van der Waals surface area contributed by atoms with Crippen molar-refractivity contribution < 1.29 is 0 Å². The molecule has 3 heteroatoms. The first-order valence-electron chi connectivity index (χ1n) is 2.77. The Labute approximate surface area is 67.6 Å². The van der Waals surface area contributed by atoms with Gasteiger partial charge in [-0.05, 0) is 28.9 Å². The van der Waals surface area contributed by atoms with Crippen LogP contribution in [0.1, 0.15) is 11.3 Å². The average molecular weight is 197 g/mol. The van der Waals surface area contributed by atoms with Gasteiger partial charge in [-0.3, -0.25) is 4.98 Å². The van der Waals surface area contributed by atoms with E-state index in [-0.39, 0.29) is 0 Å². The Morgan fingerprint density at radius 3 is 2.90 bits per heavy atom. The lowest BCUT2D eigenvalue weighted by atomic mass is 10.2. The third-order valence-corrected chi connectivity index (χ3v) is 2.18. The minimum absolute atomic E-state index is 0.632. The molecule has 50 valence electrons. The molecule has 0 atom stereocenters. The third kappa shape index (κ3) is 1.17. The van der Waals surface area contributed by atoms with E-state index in [1.54, 1.807) is 12.3 Å². The number of hydrogen-bond acceptors (Lipinski definition) is 2. The summed E-state index contributed by atoms with van der Waals surface area (Å²) in [6.07, 6.45) is 1.62. The highest BCUT2D eigenvalue weighted by molar-refractivity contribution is 9.10. The van der Waals surface area contributed by atoms with Crippen LogP contribution >= 0.6 is 15.9 Å². The molecule has 1 heterocycles. The van der Waals surface area contributed by atoms with Crippen LogP contribution in [0.4, 0.5) is 0 Å². The van der Waals surface area contributed by atoms with Crippen LogP contribution in [0.5, 0.6) is 0 Å². The van der Waals surface area contributed by atoms with E-state index in [1.807, 2.05) is 13.0 Å². The second-order valence-corrected chi connectivity index (χ2v) is 2.66. The van der Waals surface area contributed by atoms with Crippen molar-refractivity contribution in [3.05, 3.63) is 28.0 Å². The molecule has 1 aromatic heterocycles. The summed E-state index contributed by atoms with van der Waals surface area (Å²) in [5, 5.41) is 8.54. The Kier molecular flexibility index (Phi) is 2.03. The lowest BCUT2D eigenvalue weighted by Gasteiger charge is -1.95. The van der Waals surface area contributed by atoms with Gasteiger partial charge in [0.25, 0.3) is 0 Å². The molecule has 0 aliphatic heterocycles. The number of nitrogens with zero attached hydrogens (tertiary/aromatic N) is 2. The number of rotatable bonds is 0. The molecular weight excluding hydrogens is 192 g/mol. The van der Waals surface area contributed by atoms with Crippen molar-refractivity contribution in [1.82, 2.24) is 4.98 Å². The van der Waals surface area contributed by atoms with E-state index >= 15 is 0 Å². The lowest BCUT2D eigenvalue weighted by molar-refractivity contribution is 1.17. The van der Waals surface area contributed by atoms with Crippen molar-refractivity contribution in [2.75, 3.05) is 0 Å². The van der Waals surface area contributed by atoms with E-state index in [0.717, 1.165) is 10.2 Å². The molecule has 1 aromatic rings. The molecule has 0 saturated heterocycles. The normalized spacial score (nSPS) is 8.90. The number of aromatic nitrogens is 1. The first kappa shape index (κ1) is 7.23. The molecule has 0 saturated carbocycles. The molecule has 1 rings (SSSR count). The summed E-state index contributed by atoms with van der Waals surface area (Å²) in [6, 6.07) is 3.73. The van der Waals surface area contributed by atoms with Crippen LogP contribution in [0.2, 0.25) is 0 Å². The monoisotopic (exact) mass is 196 g/mol. The van der Waals surface area contributed by atoms with Gasteiger partial charge in [0.1, 0.15) is 6.07 Å². The van der Waals surface area contributed by atoms with Crippen LogP contribution in [0.25, 0.3) is 0 Å². The van der Waals surface area contributed by atoms with Crippen molar-refractivity contribution >= 4 is 15.9 Å². The Hall–Kier alpha value is -0.880. The number of aryl methyl sites for hydroxylation is 1. The second-order valence-electron chi connectivity index (χ2n) is 1.87. The summed E-state index contributed by atoms with van der Waals surface area (Å²) in [5.74, 6) is 0. The summed E-state index contributed by atoms with van der Waals surface area (Å²) >= 11 is 3.26. The van der Waals surface area contributed by atoms with E-state index in [2.05, 4.69) is 20.9 Å². The fourth-order valence-electron chi connectivity index (χ4n) is 0.635. The topological polar surface area (TPSA) is 36.7 Å². The third-order valence-electron chi connectivity index (χ3n) is 1.18. The van der Waals surface area contributed by atoms with E-state index in [1.165, 1.54) is 0 Å². The van der Waals surface area contributed by atoms with Crippen LogP contribution in [0.3, 0.4) is 0 Å². The van der Waals surface area contributed by atoms with Crippen LogP contribution in [-0.2, 0) is 0 Å². The molecule has 2 nitrogen and oxygen atoms in total. The van der Waals surface area contributed by atoms with E-state index in [4.69, 9.17) is 5.26 Å². The van der Waals surface area contributed by atoms with Gasteiger partial charge in [0.2, 0.25) is 0 Å². The zero-order valence-corrected chi connectivity index (χ0v) is 7.01. The maximum atomic E-state index is 8.54. The first-order valence-corrected chi connectivity index (χ1v) is 3.56. The van der Waals surface area contributed by atoms with Gasteiger partial charge in [-0.2, -0.15) is 5.26 Å². The first-order chi connectivity index (χ1) is 4.75. The fraction of sp³-hybridized carbons (Fsp3) is 0.143. The average Bonchev–Trinajstić information content (AvgIpc) is 1.95.